The molecule has 1 aromatic rings. The first-order chi connectivity index (χ1) is 12.1. The van der Waals surface area contributed by atoms with Gasteiger partial charge in [-0.3, -0.25) is 4.79 Å². The van der Waals surface area contributed by atoms with Gasteiger partial charge in [0, 0.05) is 31.4 Å². The summed E-state index contributed by atoms with van der Waals surface area (Å²) in [5.41, 5.74) is -0.531. The highest BCUT2D eigenvalue weighted by atomic mass is 16.3. The number of nitrogens with zero attached hydrogens (tertiary/aromatic N) is 2. The Kier molecular flexibility index (Phi) is 4.65. The summed E-state index contributed by atoms with van der Waals surface area (Å²) in [7, 11) is 0. The van der Waals surface area contributed by atoms with E-state index in [1.807, 2.05) is 0 Å². The number of aromatic nitrogens is 1. The third-order valence-electron chi connectivity index (χ3n) is 7.20. The van der Waals surface area contributed by atoms with E-state index < -0.39 is 5.60 Å². The van der Waals surface area contributed by atoms with Crippen LogP contribution in [0.5, 0.6) is 0 Å². The minimum absolute atomic E-state index is 0.0286. The van der Waals surface area contributed by atoms with Crippen LogP contribution in [0.1, 0.15) is 70.6 Å². The number of aliphatic hydroxyl groups is 1. The van der Waals surface area contributed by atoms with Gasteiger partial charge >= 0.3 is 0 Å². The third kappa shape index (κ3) is 3.25. The van der Waals surface area contributed by atoms with Crippen molar-refractivity contribution in [3.8, 4) is 0 Å². The largest absolute Gasteiger partial charge is 0.389 e. The van der Waals surface area contributed by atoms with Crippen molar-refractivity contribution < 1.29 is 9.90 Å². The SMILES string of the molecule is O=C(CC1(n2cccc2)CCCCC1)N1CC[C@@]2(O)CCCC[C@@H]2C1. The highest BCUT2D eigenvalue weighted by molar-refractivity contribution is 5.77. The molecule has 2 saturated carbocycles. The van der Waals surface area contributed by atoms with Crippen LogP contribution >= 0.6 is 0 Å². The van der Waals surface area contributed by atoms with Gasteiger partial charge in [-0.25, -0.2) is 0 Å². The second-order valence-corrected chi connectivity index (χ2v) is 8.69. The molecule has 3 fully saturated rings. The molecule has 4 nitrogen and oxygen atoms in total. The second-order valence-electron chi connectivity index (χ2n) is 8.69. The van der Waals surface area contributed by atoms with Gasteiger partial charge in [0.1, 0.15) is 0 Å². The lowest BCUT2D eigenvalue weighted by Gasteiger charge is -2.48. The zero-order valence-corrected chi connectivity index (χ0v) is 15.3. The van der Waals surface area contributed by atoms with Crippen LogP contribution in [0.4, 0.5) is 0 Å². The van der Waals surface area contributed by atoms with Gasteiger partial charge in [0.2, 0.25) is 5.91 Å². The van der Waals surface area contributed by atoms with Crippen molar-refractivity contribution in [3.05, 3.63) is 24.5 Å². The summed E-state index contributed by atoms with van der Waals surface area (Å²) in [6.45, 7) is 1.49. The van der Waals surface area contributed by atoms with Crippen LogP contribution in [0.2, 0.25) is 0 Å². The van der Waals surface area contributed by atoms with Gasteiger partial charge in [-0.1, -0.05) is 32.1 Å². The first kappa shape index (κ1) is 17.1. The predicted octanol–water partition coefficient (Wildman–Crippen LogP) is 3.69. The Morgan fingerprint density at radius 3 is 2.48 bits per heavy atom. The molecule has 1 aromatic heterocycles. The molecule has 25 heavy (non-hydrogen) atoms. The summed E-state index contributed by atoms with van der Waals surface area (Å²) in [6.07, 6.45) is 15.9. The van der Waals surface area contributed by atoms with Crippen LogP contribution < -0.4 is 0 Å². The summed E-state index contributed by atoms with van der Waals surface area (Å²) in [4.78, 5) is 15.2. The molecule has 0 bridgehead atoms. The molecule has 2 aliphatic carbocycles. The van der Waals surface area contributed by atoms with Gasteiger partial charge in [-0.2, -0.15) is 0 Å². The molecule has 3 aliphatic rings. The number of carbonyl (C=O) groups excluding carboxylic acids is 1. The molecule has 0 spiro atoms. The summed E-state index contributed by atoms with van der Waals surface area (Å²) in [5.74, 6) is 0.580. The number of carbonyl (C=O) groups is 1. The number of hydrogen-bond acceptors (Lipinski definition) is 2. The van der Waals surface area contributed by atoms with Crippen molar-refractivity contribution in [2.24, 2.45) is 5.92 Å². The maximum absolute atomic E-state index is 13.2. The van der Waals surface area contributed by atoms with Crippen LogP contribution in [0.3, 0.4) is 0 Å². The van der Waals surface area contributed by atoms with Crippen molar-refractivity contribution in [3.63, 3.8) is 0 Å². The van der Waals surface area contributed by atoms with E-state index in [2.05, 4.69) is 34.0 Å². The smallest absolute Gasteiger partial charge is 0.224 e. The van der Waals surface area contributed by atoms with Gasteiger partial charge in [-0.15, -0.1) is 0 Å². The molecule has 0 unspecified atom stereocenters. The summed E-state index contributed by atoms with van der Waals surface area (Å²) >= 11 is 0. The number of hydrogen-bond donors (Lipinski definition) is 1. The molecule has 1 amide bonds. The first-order valence-corrected chi connectivity index (χ1v) is 10.3. The van der Waals surface area contributed by atoms with E-state index in [0.29, 0.717) is 12.3 Å². The Morgan fingerprint density at radius 2 is 1.72 bits per heavy atom. The van der Waals surface area contributed by atoms with Gasteiger partial charge in [-0.05, 0) is 44.2 Å². The fourth-order valence-electron chi connectivity index (χ4n) is 5.58. The molecule has 138 valence electrons. The standard InChI is InChI=1S/C21H32N2O2/c24-19(22-15-12-21(25)11-5-2-8-18(21)17-22)16-20(9-3-1-4-10-20)23-13-6-7-14-23/h6-7,13-14,18,25H,1-5,8-12,15-17H2/t18-,21+/m1/s1. The lowest BCUT2D eigenvalue weighted by Crippen LogP contribution is -2.55. The molecule has 4 heteroatoms. The number of fused-ring (bicyclic) bond motifs is 1. The molecule has 0 aromatic carbocycles. The molecular weight excluding hydrogens is 312 g/mol. The van der Waals surface area contributed by atoms with Crippen LogP contribution in [-0.2, 0) is 10.3 Å². The first-order valence-electron chi connectivity index (χ1n) is 10.3. The number of rotatable bonds is 3. The minimum atomic E-state index is -0.502. The Labute approximate surface area is 151 Å². The predicted molar refractivity (Wildman–Crippen MR) is 98.2 cm³/mol. The Morgan fingerprint density at radius 1 is 1.00 bits per heavy atom. The average molecular weight is 344 g/mol. The molecule has 2 atom stereocenters. The fourth-order valence-corrected chi connectivity index (χ4v) is 5.58. The number of likely N-dealkylation sites (tertiary alicyclic amines) is 1. The summed E-state index contributed by atoms with van der Waals surface area (Å²) in [5, 5.41) is 10.9. The number of amides is 1. The fraction of sp³-hybridized carbons (Fsp3) is 0.762. The van der Waals surface area contributed by atoms with E-state index in [1.165, 1.54) is 25.7 Å². The van der Waals surface area contributed by atoms with E-state index in [9.17, 15) is 9.90 Å². The topological polar surface area (TPSA) is 45.5 Å². The van der Waals surface area contributed by atoms with E-state index in [4.69, 9.17) is 0 Å². The van der Waals surface area contributed by atoms with Crippen LogP contribution in [0.25, 0.3) is 0 Å². The van der Waals surface area contributed by atoms with Crippen LogP contribution in [0, 0.1) is 5.92 Å². The van der Waals surface area contributed by atoms with Crippen LogP contribution in [0.15, 0.2) is 24.5 Å². The van der Waals surface area contributed by atoms with Crippen LogP contribution in [-0.4, -0.2) is 39.2 Å². The van der Waals surface area contributed by atoms with Crippen molar-refractivity contribution in [1.82, 2.24) is 9.47 Å². The molecule has 4 rings (SSSR count). The van der Waals surface area contributed by atoms with Gasteiger partial charge in [0.15, 0.2) is 0 Å². The van der Waals surface area contributed by atoms with Gasteiger partial charge in [0.25, 0.3) is 0 Å². The normalized spacial score (nSPS) is 32.2. The van der Waals surface area contributed by atoms with Gasteiger partial charge in [0.05, 0.1) is 17.6 Å². The summed E-state index contributed by atoms with van der Waals surface area (Å²) in [6, 6.07) is 4.15. The van der Waals surface area contributed by atoms with Gasteiger partial charge < -0.3 is 14.6 Å². The Hall–Kier alpha value is -1.29. The van der Waals surface area contributed by atoms with Crippen molar-refractivity contribution in [1.29, 1.82) is 0 Å². The third-order valence-corrected chi connectivity index (χ3v) is 7.20. The Bertz CT molecular complexity index is 591. The zero-order chi connectivity index (χ0) is 17.3. The average Bonchev–Trinajstić information content (AvgIpc) is 3.17. The number of piperidine rings is 1. The highest BCUT2D eigenvalue weighted by Gasteiger charge is 2.45. The van der Waals surface area contributed by atoms with E-state index in [1.54, 1.807) is 0 Å². The summed E-state index contributed by atoms with van der Waals surface area (Å²) < 4.78 is 2.30. The maximum atomic E-state index is 13.2. The van der Waals surface area contributed by atoms with E-state index in [-0.39, 0.29) is 11.5 Å². The lowest BCUT2D eigenvalue weighted by molar-refractivity contribution is -0.145. The molecule has 0 radical (unpaired) electrons. The minimum Gasteiger partial charge on any atom is -0.389 e. The zero-order valence-electron chi connectivity index (χ0n) is 15.3. The quantitative estimate of drug-likeness (QED) is 0.909. The second kappa shape index (κ2) is 6.79. The highest BCUT2D eigenvalue weighted by Crippen LogP contribution is 2.42. The lowest BCUT2D eigenvalue weighted by atomic mass is 9.71. The Balaban J connectivity index is 1.47. The van der Waals surface area contributed by atoms with E-state index >= 15 is 0 Å². The molecular formula is C21H32N2O2. The van der Waals surface area contributed by atoms with Crippen molar-refractivity contribution in [2.45, 2.75) is 81.8 Å². The molecule has 1 aliphatic heterocycles. The van der Waals surface area contributed by atoms with E-state index in [0.717, 1.165) is 51.6 Å². The maximum Gasteiger partial charge on any atom is 0.224 e. The van der Waals surface area contributed by atoms with Crippen molar-refractivity contribution >= 4 is 5.91 Å². The monoisotopic (exact) mass is 344 g/mol. The molecule has 1 N–H and O–H groups in total. The van der Waals surface area contributed by atoms with Crippen molar-refractivity contribution in [2.75, 3.05) is 13.1 Å². The molecule has 1 saturated heterocycles. The molecule has 2 heterocycles.